The van der Waals surface area contributed by atoms with Crippen molar-refractivity contribution in [2.75, 3.05) is 19.7 Å². The number of carbonyl (C=O) groups is 2. The first-order valence-corrected chi connectivity index (χ1v) is 9.36. The number of aryl methyl sites for hydroxylation is 1. The molecule has 8 heteroatoms. The zero-order chi connectivity index (χ0) is 17.7. The van der Waals surface area contributed by atoms with Crippen LogP contribution in [0.5, 0.6) is 0 Å². The number of carbonyl (C=O) groups excluding carboxylic acids is 2. The number of likely N-dealkylation sites (tertiary alicyclic amines) is 1. The van der Waals surface area contributed by atoms with Crippen molar-refractivity contribution in [3.8, 4) is 0 Å². The number of hydrogen-bond donors (Lipinski definition) is 0. The maximum Gasteiger partial charge on any atom is 0.309 e. The molecular formula is C16H26N4O3S. The lowest BCUT2D eigenvalue weighted by molar-refractivity contribution is -0.151. The molecule has 1 saturated heterocycles. The molecule has 0 radical (unpaired) electrons. The minimum absolute atomic E-state index is 0.0807. The second kappa shape index (κ2) is 8.50. The fraction of sp³-hybridized carbons (Fsp3) is 0.750. The lowest BCUT2D eigenvalue weighted by Crippen LogP contribution is -2.43. The Morgan fingerprint density at radius 2 is 1.96 bits per heavy atom. The summed E-state index contributed by atoms with van der Waals surface area (Å²) in [6, 6.07) is 0. The second-order valence-electron chi connectivity index (χ2n) is 5.92. The zero-order valence-corrected chi connectivity index (χ0v) is 15.6. The van der Waals surface area contributed by atoms with E-state index in [2.05, 4.69) is 10.2 Å². The summed E-state index contributed by atoms with van der Waals surface area (Å²) < 4.78 is 7.00. The van der Waals surface area contributed by atoms with Crippen molar-refractivity contribution in [3.05, 3.63) is 5.82 Å². The van der Waals surface area contributed by atoms with Crippen molar-refractivity contribution in [1.29, 1.82) is 0 Å². The van der Waals surface area contributed by atoms with E-state index in [1.54, 1.807) is 0 Å². The third-order valence-electron chi connectivity index (χ3n) is 4.30. The lowest BCUT2D eigenvalue weighted by Gasteiger charge is -2.32. The SMILES string of the molecule is CCOC(=O)C1CCN(C(=O)C(C)Sc2nnc(CC)n2C)CC1. The molecule has 1 aromatic rings. The number of ether oxygens (including phenoxy) is 1. The largest absolute Gasteiger partial charge is 0.466 e. The molecule has 0 bridgehead atoms. The number of aromatic nitrogens is 3. The van der Waals surface area contributed by atoms with Crippen LogP contribution >= 0.6 is 11.8 Å². The van der Waals surface area contributed by atoms with Crippen molar-refractivity contribution in [3.63, 3.8) is 0 Å². The molecule has 7 nitrogen and oxygen atoms in total. The van der Waals surface area contributed by atoms with Gasteiger partial charge in [0.1, 0.15) is 5.82 Å². The summed E-state index contributed by atoms with van der Waals surface area (Å²) in [5.74, 6) is 0.775. The van der Waals surface area contributed by atoms with Crippen LogP contribution in [0.15, 0.2) is 5.16 Å². The van der Waals surface area contributed by atoms with E-state index in [4.69, 9.17) is 4.74 Å². The predicted molar refractivity (Wildman–Crippen MR) is 91.6 cm³/mol. The van der Waals surface area contributed by atoms with Gasteiger partial charge in [0.15, 0.2) is 5.16 Å². The molecule has 0 spiro atoms. The number of piperidine rings is 1. The van der Waals surface area contributed by atoms with E-state index in [-0.39, 0.29) is 23.0 Å². The quantitative estimate of drug-likeness (QED) is 0.571. The molecule has 1 aliphatic rings. The van der Waals surface area contributed by atoms with Crippen molar-refractivity contribution < 1.29 is 14.3 Å². The summed E-state index contributed by atoms with van der Waals surface area (Å²) >= 11 is 1.43. The zero-order valence-electron chi connectivity index (χ0n) is 14.8. The molecule has 134 valence electrons. The monoisotopic (exact) mass is 354 g/mol. The minimum atomic E-state index is -0.225. The molecule has 1 fully saturated rings. The summed E-state index contributed by atoms with van der Waals surface area (Å²) in [5, 5.41) is 8.81. The molecule has 1 atom stereocenters. The smallest absolute Gasteiger partial charge is 0.309 e. The highest BCUT2D eigenvalue weighted by Crippen LogP contribution is 2.25. The Labute approximate surface area is 147 Å². The van der Waals surface area contributed by atoms with E-state index in [1.165, 1.54) is 11.8 Å². The highest BCUT2D eigenvalue weighted by atomic mass is 32.2. The van der Waals surface area contributed by atoms with Gasteiger partial charge in [-0.1, -0.05) is 18.7 Å². The van der Waals surface area contributed by atoms with Gasteiger partial charge in [-0.15, -0.1) is 10.2 Å². The van der Waals surface area contributed by atoms with E-state index < -0.39 is 0 Å². The molecule has 2 heterocycles. The minimum Gasteiger partial charge on any atom is -0.466 e. The van der Waals surface area contributed by atoms with E-state index in [0.29, 0.717) is 32.5 Å². The molecule has 1 aromatic heterocycles. The van der Waals surface area contributed by atoms with Gasteiger partial charge in [-0.2, -0.15) is 0 Å². The van der Waals surface area contributed by atoms with Crippen LogP contribution in [0.2, 0.25) is 0 Å². The van der Waals surface area contributed by atoms with E-state index >= 15 is 0 Å². The number of rotatable bonds is 6. The van der Waals surface area contributed by atoms with Gasteiger partial charge in [0.2, 0.25) is 5.91 Å². The van der Waals surface area contributed by atoms with Crippen LogP contribution in [0.1, 0.15) is 39.4 Å². The fourth-order valence-corrected chi connectivity index (χ4v) is 3.73. The Hall–Kier alpha value is -1.57. The fourth-order valence-electron chi connectivity index (χ4n) is 2.82. The molecular weight excluding hydrogens is 328 g/mol. The Morgan fingerprint density at radius 1 is 1.29 bits per heavy atom. The van der Waals surface area contributed by atoms with Gasteiger partial charge in [0.05, 0.1) is 17.8 Å². The van der Waals surface area contributed by atoms with Gasteiger partial charge in [-0.05, 0) is 26.7 Å². The topological polar surface area (TPSA) is 77.3 Å². The maximum atomic E-state index is 12.6. The van der Waals surface area contributed by atoms with Crippen molar-refractivity contribution in [2.24, 2.45) is 13.0 Å². The summed E-state index contributed by atoms with van der Waals surface area (Å²) in [6.45, 7) is 7.35. The van der Waals surface area contributed by atoms with Gasteiger partial charge < -0.3 is 14.2 Å². The third-order valence-corrected chi connectivity index (χ3v) is 5.42. The lowest BCUT2D eigenvalue weighted by atomic mass is 9.97. The van der Waals surface area contributed by atoms with Crippen molar-refractivity contribution in [1.82, 2.24) is 19.7 Å². The first-order chi connectivity index (χ1) is 11.5. The molecule has 0 N–H and O–H groups in total. The molecule has 1 unspecified atom stereocenters. The van der Waals surface area contributed by atoms with Crippen LogP contribution in [0.3, 0.4) is 0 Å². The van der Waals surface area contributed by atoms with Crippen molar-refractivity contribution >= 4 is 23.6 Å². The average Bonchev–Trinajstić information content (AvgIpc) is 2.94. The van der Waals surface area contributed by atoms with E-state index in [1.807, 2.05) is 37.3 Å². The maximum absolute atomic E-state index is 12.6. The molecule has 1 amide bonds. The number of hydrogen-bond acceptors (Lipinski definition) is 6. The van der Waals surface area contributed by atoms with Crippen LogP contribution in [-0.4, -0.2) is 56.5 Å². The summed E-state index contributed by atoms with van der Waals surface area (Å²) in [4.78, 5) is 26.2. The standard InChI is InChI=1S/C16H26N4O3S/c1-5-13-17-18-16(19(13)4)24-11(3)14(21)20-9-7-12(8-10-20)15(22)23-6-2/h11-12H,5-10H2,1-4H3. The van der Waals surface area contributed by atoms with Gasteiger partial charge in [-0.3, -0.25) is 9.59 Å². The predicted octanol–water partition coefficient (Wildman–Crippen LogP) is 1.66. The molecule has 0 aliphatic carbocycles. The van der Waals surface area contributed by atoms with Crippen LogP contribution in [0, 0.1) is 5.92 Å². The van der Waals surface area contributed by atoms with Crippen LogP contribution < -0.4 is 0 Å². The molecule has 1 aliphatic heterocycles. The Morgan fingerprint density at radius 3 is 2.50 bits per heavy atom. The highest BCUT2D eigenvalue weighted by molar-refractivity contribution is 8.00. The van der Waals surface area contributed by atoms with E-state index in [9.17, 15) is 9.59 Å². The summed E-state index contributed by atoms with van der Waals surface area (Å²) in [7, 11) is 1.92. The normalized spacial score (nSPS) is 16.9. The van der Waals surface area contributed by atoms with Gasteiger partial charge in [0, 0.05) is 26.6 Å². The van der Waals surface area contributed by atoms with Gasteiger partial charge in [-0.25, -0.2) is 0 Å². The van der Waals surface area contributed by atoms with Crippen molar-refractivity contribution in [2.45, 2.75) is 50.4 Å². The van der Waals surface area contributed by atoms with Gasteiger partial charge in [0.25, 0.3) is 0 Å². The number of nitrogens with zero attached hydrogens (tertiary/aromatic N) is 4. The van der Waals surface area contributed by atoms with E-state index in [0.717, 1.165) is 17.4 Å². The molecule has 24 heavy (non-hydrogen) atoms. The van der Waals surface area contributed by atoms with Crippen LogP contribution in [-0.2, 0) is 27.8 Å². The Kier molecular flexibility index (Phi) is 6.65. The summed E-state index contributed by atoms with van der Waals surface area (Å²) in [6.07, 6.45) is 2.16. The molecule has 0 aromatic carbocycles. The molecule has 2 rings (SSSR count). The second-order valence-corrected chi connectivity index (χ2v) is 7.23. The van der Waals surface area contributed by atoms with Crippen LogP contribution in [0.4, 0.5) is 0 Å². The van der Waals surface area contributed by atoms with Crippen LogP contribution in [0.25, 0.3) is 0 Å². The summed E-state index contributed by atoms with van der Waals surface area (Å²) in [5.41, 5.74) is 0. The third kappa shape index (κ3) is 4.28. The average molecular weight is 354 g/mol. The highest BCUT2D eigenvalue weighted by Gasteiger charge is 2.30. The molecule has 0 saturated carbocycles. The van der Waals surface area contributed by atoms with Gasteiger partial charge >= 0.3 is 5.97 Å². The number of thioether (sulfide) groups is 1. The number of amides is 1. The first-order valence-electron chi connectivity index (χ1n) is 8.48. The first kappa shape index (κ1) is 18.8. The number of esters is 1. The Bertz CT molecular complexity index is 582. The Balaban J connectivity index is 1.88.